The first-order valence-electron chi connectivity index (χ1n) is 6.84. The summed E-state index contributed by atoms with van der Waals surface area (Å²) in [5, 5.41) is 3.72. The lowest BCUT2D eigenvalue weighted by Crippen LogP contribution is -2.18. The summed E-state index contributed by atoms with van der Waals surface area (Å²) < 4.78 is 13.8. The molecule has 0 radical (unpaired) electrons. The third kappa shape index (κ3) is 3.81. The Kier molecular flexibility index (Phi) is 5.57. The number of halogens is 2. The largest absolute Gasteiger partial charge is 0.319 e. The maximum atomic E-state index is 13.8. The molecule has 1 N–H and O–H groups in total. The second-order valence-corrected chi connectivity index (χ2v) is 5.31. The summed E-state index contributed by atoms with van der Waals surface area (Å²) in [6, 6.07) is 15.2. The van der Waals surface area contributed by atoms with Crippen LogP contribution in [0.3, 0.4) is 0 Å². The van der Waals surface area contributed by atoms with E-state index in [4.69, 9.17) is 11.6 Å². The lowest BCUT2D eigenvalue weighted by molar-refractivity contribution is 0.561. The zero-order chi connectivity index (χ0) is 14.4. The Bertz CT molecular complexity index is 522. The van der Waals surface area contributed by atoms with E-state index in [1.807, 2.05) is 25.2 Å². The highest BCUT2D eigenvalue weighted by Crippen LogP contribution is 2.25. The van der Waals surface area contributed by atoms with Gasteiger partial charge >= 0.3 is 0 Å². The van der Waals surface area contributed by atoms with Gasteiger partial charge in [0.1, 0.15) is 5.82 Å². The summed E-state index contributed by atoms with van der Waals surface area (Å²) >= 11 is 6.08. The monoisotopic (exact) mass is 291 g/mol. The number of hydrogen-bond acceptors (Lipinski definition) is 1. The molecule has 3 heteroatoms. The van der Waals surface area contributed by atoms with Crippen molar-refractivity contribution in [3.63, 3.8) is 0 Å². The Labute approximate surface area is 124 Å². The molecule has 0 spiro atoms. The number of hydrogen-bond donors (Lipinski definition) is 1. The predicted octanol–water partition coefficient (Wildman–Crippen LogP) is 4.41. The molecule has 0 fully saturated rings. The van der Waals surface area contributed by atoms with Gasteiger partial charge in [-0.3, -0.25) is 0 Å². The molecule has 0 aliphatic heterocycles. The first kappa shape index (κ1) is 15.0. The van der Waals surface area contributed by atoms with E-state index >= 15 is 0 Å². The Morgan fingerprint density at radius 1 is 1.10 bits per heavy atom. The predicted molar refractivity (Wildman–Crippen MR) is 82.8 cm³/mol. The zero-order valence-electron chi connectivity index (χ0n) is 11.6. The van der Waals surface area contributed by atoms with Crippen molar-refractivity contribution in [2.75, 3.05) is 13.6 Å². The Balaban J connectivity index is 2.10. The normalized spacial score (nSPS) is 12.3. The Morgan fingerprint density at radius 2 is 1.85 bits per heavy atom. The summed E-state index contributed by atoms with van der Waals surface area (Å²) in [5.41, 5.74) is 1.89. The van der Waals surface area contributed by atoms with Gasteiger partial charge in [-0.25, -0.2) is 4.39 Å². The highest BCUT2D eigenvalue weighted by Gasteiger charge is 2.13. The molecule has 0 heterocycles. The minimum absolute atomic E-state index is 0.214. The minimum Gasteiger partial charge on any atom is -0.319 e. The molecule has 1 atom stereocenters. The number of nitrogens with one attached hydrogen (secondary N) is 1. The van der Waals surface area contributed by atoms with Crippen molar-refractivity contribution < 1.29 is 4.39 Å². The van der Waals surface area contributed by atoms with E-state index < -0.39 is 0 Å². The fraction of sp³-hybridized carbons (Fsp3) is 0.294. The Morgan fingerprint density at radius 3 is 2.50 bits per heavy atom. The topological polar surface area (TPSA) is 12.0 Å². The highest BCUT2D eigenvalue weighted by molar-refractivity contribution is 6.31. The number of rotatable bonds is 6. The van der Waals surface area contributed by atoms with Crippen LogP contribution in [0.15, 0.2) is 48.5 Å². The first-order valence-corrected chi connectivity index (χ1v) is 7.22. The average Bonchev–Trinajstić information content (AvgIpc) is 2.46. The molecule has 0 aromatic heterocycles. The molecular formula is C17H19ClFN. The Hall–Kier alpha value is -1.38. The second kappa shape index (κ2) is 7.41. The van der Waals surface area contributed by atoms with E-state index in [-0.39, 0.29) is 5.82 Å². The maximum Gasteiger partial charge on any atom is 0.127 e. The molecule has 1 unspecified atom stereocenters. The van der Waals surface area contributed by atoms with Crippen molar-refractivity contribution >= 4 is 11.6 Å². The van der Waals surface area contributed by atoms with Gasteiger partial charge in [0.15, 0.2) is 0 Å². The molecule has 0 amide bonds. The molecular weight excluding hydrogens is 273 g/mol. The van der Waals surface area contributed by atoms with Gasteiger partial charge in [-0.1, -0.05) is 48.0 Å². The van der Waals surface area contributed by atoms with E-state index in [0.29, 0.717) is 22.9 Å². The van der Waals surface area contributed by atoms with Gasteiger partial charge in [0.05, 0.1) is 0 Å². The van der Waals surface area contributed by atoms with Gasteiger partial charge in [0.2, 0.25) is 0 Å². The SMILES string of the molecule is CNCC(CCc1c(F)cccc1Cl)c1ccccc1. The second-order valence-electron chi connectivity index (χ2n) is 4.90. The number of likely N-dealkylation sites (N-methyl/N-ethyl adjacent to an activating group) is 1. The fourth-order valence-electron chi connectivity index (χ4n) is 2.45. The van der Waals surface area contributed by atoms with Gasteiger partial charge in [-0.05, 0) is 43.5 Å². The van der Waals surface area contributed by atoms with Gasteiger partial charge in [-0.15, -0.1) is 0 Å². The van der Waals surface area contributed by atoms with Crippen LogP contribution in [0, 0.1) is 5.82 Å². The van der Waals surface area contributed by atoms with Crippen LogP contribution in [0.2, 0.25) is 5.02 Å². The highest BCUT2D eigenvalue weighted by atomic mass is 35.5. The van der Waals surface area contributed by atoms with Gasteiger partial charge < -0.3 is 5.32 Å². The maximum absolute atomic E-state index is 13.8. The van der Waals surface area contributed by atoms with Gasteiger partial charge in [-0.2, -0.15) is 0 Å². The molecule has 2 rings (SSSR count). The fourth-order valence-corrected chi connectivity index (χ4v) is 2.71. The summed E-state index contributed by atoms with van der Waals surface area (Å²) in [7, 11) is 1.94. The lowest BCUT2D eigenvalue weighted by atomic mass is 9.92. The van der Waals surface area contributed by atoms with Crippen molar-refractivity contribution in [2.45, 2.75) is 18.8 Å². The molecule has 1 nitrogen and oxygen atoms in total. The van der Waals surface area contributed by atoms with Crippen LogP contribution < -0.4 is 5.32 Å². The van der Waals surface area contributed by atoms with Crippen molar-refractivity contribution in [3.05, 3.63) is 70.5 Å². The molecule has 2 aromatic rings. The first-order chi connectivity index (χ1) is 9.72. The molecule has 20 heavy (non-hydrogen) atoms. The quantitative estimate of drug-likeness (QED) is 0.831. The third-order valence-corrected chi connectivity index (χ3v) is 3.88. The molecule has 0 aliphatic rings. The van der Waals surface area contributed by atoms with Crippen LogP contribution in [0.5, 0.6) is 0 Å². The van der Waals surface area contributed by atoms with E-state index in [0.717, 1.165) is 13.0 Å². The molecule has 0 bridgehead atoms. The van der Waals surface area contributed by atoms with E-state index in [1.54, 1.807) is 12.1 Å². The summed E-state index contributed by atoms with van der Waals surface area (Å²) in [4.78, 5) is 0. The summed E-state index contributed by atoms with van der Waals surface area (Å²) in [6.45, 7) is 0.871. The molecule has 0 saturated heterocycles. The van der Waals surface area contributed by atoms with Crippen LogP contribution in [0.4, 0.5) is 4.39 Å². The van der Waals surface area contributed by atoms with Crippen LogP contribution in [0.1, 0.15) is 23.5 Å². The molecule has 0 saturated carbocycles. The van der Waals surface area contributed by atoms with Gasteiger partial charge in [0, 0.05) is 17.1 Å². The van der Waals surface area contributed by atoms with Crippen molar-refractivity contribution in [1.29, 1.82) is 0 Å². The third-order valence-electron chi connectivity index (χ3n) is 3.53. The summed E-state index contributed by atoms with van der Waals surface area (Å²) in [6.07, 6.45) is 1.51. The van der Waals surface area contributed by atoms with E-state index in [2.05, 4.69) is 17.4 Å². The van der Waals surface area contributed by atoms with Crippen LogP contribution >= 0.6 is 11.6 Å². The molecule has 0 aliphatic carbocycles. The van der Waals surface area contributed by atoms with Crippen molar-refractivity contribution in [1.82, 2.24) is 5.32 Å². The summed E-state index contributed by atoms with van der Waals surface area (Å²) in [5.74, 6) is 0.144. The van der Waals surface area contributed by atoms with Crippen LogP contribution in [0.25, 0.3) is 0 Å². The van der Waals surface area contributed by atoms with E-state index in [9.17, 15) is 4.39 Å². The van der Waals surface area contributed by atoms with Crippen molar-refractivity contribution in [3.8, 4) is 0 Å². The van der Waals surface area contributed by atoms with E-state index in [1.165, 1.54) is 11.6 Å². The zero-order valence-corrected chi connectivity index (χ0v) is 12.3. The van der Waals surface area contributed by atoms with Crippen LogP contribution in [-0.2, 0) is 6.42 Å². The molecule has 2 aromatic carbocycles. The minimum atomic E-state index is -0.214. The smallest absolute Gasteiger partial charge is 0.127 e. The average molecular weight is 292 g/mol. The lowest BCUT2D eigenvalue weighted by Gasteiger charge is -2.17. The molecule has 106 valence electrons. The van der Waals surface area contributed by atoms with Crippen LogP contribution in [-0.4, -0.2) is 13.6 Å². The van der Waals surface area contributed by atoms with Crippen molar-refractivity contribution in [2.24, 2.45) is 0 Å². The number of benzene rings is 2. The van der Waals surface area contributed by atoms with Gasteiger partial charge in [0.25, 0.3) is 0 Å². The standard InChI is InChI=1S/C17H19ClFN/c1-20-12-14(13-6-3-2-4-7-13)10-11-15-16(18)8-5-9-17(15)19/h2-9,14,20H,10-12H2,1H3.